The van der Waals surface area contributed by atoms with E-state index in [4.69, 9.17) is 0 Å². The minimum atomic E-state index is -0.200. The Balaban J connectivity index is 2.33. The van der Waals surface area contributed by atoms with Gasteiger partial charge in [-0.15, -0.1) is 0 Å². The van der Waals surface area contributed by atoms with Gasteiger partial charge in [0.2, 0.25) is 5.91 Å². The second kappa shape index (κ2) is 4.97. The fourth-order valence-corrected chi connectivity index (χ4v) is 1.71. The maximum absolute atomic E-state index is 11.8. The minimum absolute atomic E-state index is 0.0242. The molecule has 2 rings (SSSR count). The van der Waals surface area contributed by atoms with E-state index in [1.807, 2.05) is 49.4 Å². The lowest BCUT2D eigenvalue weighted by molar-refractivity contribution is -0.117. The average Bonchev–Trinajstić information content (AvgIpc) is 2.38. The first-order chi connectivity index (χ1) is 8.22. The van der Waals surface area contributed by atoms with E-state index < -0.39 is 0 Å². The quantitative estimate of drug-likeness (QED) is 0.847. The molecule has 88 valence electrons. The van der Waals surface area contributed by atoms with Crippen molar-refractivity contribution in [2.45, 2.75) is 13.0 Å². The summed E-state index contributed by atoms with van der Waals surface area (Å²) in [5, 5.41) is 8.04. The van der Waals surface area contributed by atoms with Gasteiger partial charge in [0.05, 0.1) is 6.04 Å². The van der Waals surface area contributed by atoms with Crippen molar-refractivity contribution in [1.29, 1.82) is 0 Å². The Bertz CT molecular complexity index is 531. The monoisotopic (exact) mass is 228 g/mol. The molecule has 0 heterocycles. The normalized spacial score (nSPS) is 12.4. The first kappa shape index (κ1) is 11.6. The van der Waals surface area contributed by atoms with Crippen molar-refractivity contribution in [1.82, 2.24) is 5.32 Å². The number of hydrogen-bond acceptors (Lipinski definition) is 2. The van der Waals surface area contributed by atoms with Crippen LogP contribution in [0.5, 0.6) is 0 Å². The Labute approximate surface area is 101 Å². The van der Waals surface area contributed by atoms with Crippen LogP contribution in [0, 0.1) is 0 Å². The lowest BCUT2D eigenvalue weighted by atomic mass is 10.1. The first-order valence-electron chi connectivity index (χ1n) is 5.68. The molecule has 17 heavy (non-hydrogen) atoms. The third-order valence-corrected chi connectivity index (χ3v) is 2.87. The van der Waals surface area contributed by atoms with E-state index in [0.29, 0.717) is 0 Å². The lowest BCUT2D eigenvalue weighted by Gasteiger charge is -2.12. The van der Waals surface area contributed by atoms with Crippen molar-refractivity contribution in [3.63, 3.8) is 0 Å². The van der Waals surface area contributed by atoms with E-state index in [2.05, 4.69) is 10.6 Å². The van der Waals surface area contributed by atoms with Gasteiger partial charge in [0.25, 0.3) is 0 Å². The molecule has 2 aromatic rings. The van der Waals surface area contributed by atoms with Crippen LogP contribution in [0.1, 0.15) is 6.92 Å². The molecule has 3 nitrogen and oxygen atoms in total. The van der Waals surface area contributed by atoms with Gasteiger partial charge in [-0.25, -0.2) is 0 Å². The molecule has 0 aromatic heterocycles. The smallest absolute Gasteiger partial charge is 0.241 e. The number of carbonyl (C=O) groups excluding carboxylic acids is 1. The van der Waals surface area contributed by atoms with E-state index in [-0.39, 0.29) is 11.9 Å². The Hall–Kier alpha value is -1.87. The molecule has 3 heteroatoms. The minimum Gasteiger partial charge on any atom is -0.324 e. The van der Waals surface area contributed by atoms with Crippen molar-refractivity contribution in [3.8, 4) is 0 Å². The number of carbonyl (C=O) groups is 1. The molecular formula is C14H16N2O. The van der Waals surface area contributed by atoms with Gasteiger partial charge >= 0.3 is 0 Å². The third kappa shape index (κ3) is 2.45. The van der Waals surface area contributed by atoms with Crippen molar-refractivity contribution in [2.24, 2.45) is 0 Å². The number of benzene rings is 2. The van der Waals surface area contributed by atoms with E-state index >= 15 is 0 Å². The first-order valence-corrected chi connectivity index (χ1v) is 5.68. The van der Waals surface area contributed by atoms with Crippen LogP contribution in [0.2, 0.25) is 0 Å². The summed E-state index contributed by atoms with van der Waals surface area (Å²) in [5.41, 5.74) is 0.857. The molecule has 0 unspecified atom stereocenters. The van der Waals surface area contributed by atoms with Gasteiger partial charge in [0.1, 0.15) is 0 Å². The van der Waals surface area contributed by atoms with Gasteiger partial charge in [-0.05, 0) is 25.4 Å². The zero-order valence-corrected chi connectivity index (χ0v) is 10.0. The zero-order chi connectivity index (χ0) is 12.3. The molecule has 2 aromatic carbocycles. The van der Waals surface area contributed by atoms with Gasteiger partial charge in [-0.2, -0.15) is 0 Å². The molecule has 2 N–H and O–H groups in total. The SMILES string of the molecule is CN[C@H](C)C(=O)Nc1cccc2ccccc12. The summed E-state index contributed by atoms with van der Waals surface area (Å²) in [6.07, 6.45) is 0. The highest BCUT2D eigenvalue weighted by Crippen LogP contribution is 2.22. The van der Waals surface area contributed by atoms with E-state index in [9.17, 15) is 4.79 Å². The molecular weight excluding hydrogens is 212 g/mol. The zero-order valence-electron chi connectivity index (χ0n) is 10.0. The van der Waals surface area contributed by atoms with Gasteiger partial charge in [-0.1, -0.05) is 36.4 Å². The van der Waals surface area contributed by atoms with Crippen molar-refractivity contribution >= 4 is 22.4 Å². The van der Waals surface area contributed by atoms with Crippen LogP contribution in [-0.2, 0) is 4.79 Å². The van der Waals surface area contributed by atoms with E-state index in [0.717, 1.165) is 16.5 Å². The second-order valence-corrected chi connectivity index (χ2v) is 4.03. The van der Waals surface area contributed by atoms with Crippen LogP contribution in [0.3, 0.4) is 0 Å². The Morgan fingerprint density at radius 1 is 1.12 bits per heavy atom. The fourth-order valence-electron chi connectivity index (χ4n) is 1.71. The van der Waals surface area contributed by atoms with Crippen LogP contribution >= 0.6 is 0 Å². The summed E-state index contributed by atoms with van der Waals surface area (Å²) in [6, 6.07) is 13.7. The Morgan fingerprint density at radius 2 is 1.82 bits per heavy atom. The summed E-state index contributed by atoms with van der Waals surface area (Å²) < 4.78 is 0. The number of amides is 1. The number of likely N-dealkylation sites (N-methyl/N-ethyl adjacent to an activating group) is 1. The van der Waals surface area contributed by atoms with Gasteiger partial charge in [0.15, 0.2) is 0 Å². The van der Waals surface area contributed by atoms with Gasteiger partial charge in [0, 0.05) is 11.1 Å². The summed E-state index contributed by atoms with van der Waals surface area (Å²) in [7, 11) is 1.77. The van der Waals surface area contributed by atoms with Gasteiger partial charge in [-0.3, -0.25) is 4.79 Å². The molecule has 1 atom stereocenters. The molecule has 0 aliphatic carbocycles. The highest BCUT2D eigenvalue weighted by molar-refractivity contribution is 6.03. The van der Waals surface area contributed by atoms with Crippen LogP contribution in [0.15, 0.2) is 42.5 Å². The molecule has 0 aliphatic rings. The Kier molecular flexibility index (Phi) is 3.40. The second-order valence-electron chi connectivity index (χ2n) is 4.03. The topological polar surface area (TPSA) is 41.1 Å². The number of nitrogens with one attached hydrogen (secondary N) is 2. The average molecular weight is 228 g/mol. The van der Waals surface area contributed by atoms with Crippen molar-refractivity contribution < 1.29 is 4.79 Å². The van der Waals surface area contributed by atoms with Crippen LogP contribution in [0.4, 0.5) is 5.69 Å². The summed E-state index contributed by atoms with van der Waals surface area (Å²) in [4.78, 5) is 11.8. The largest absolute Gasteiger partial charge is 0.324 e. The highest BCUT2D eigenvalue weighted by atomic mass is 16.2. The molecule has 0 aliphatic heterocycles. The summed E-state index contributed by atoms with van der Waals surface area (Å²) in [6.45, 7) is 1.83. The van der Waals surface area contributed by atoms with Crippen LogP contribution in [-0.4, -0.2) is 19.0 Å². The number of hydrogen-bond donors (Lipinski definition) is 2. The number of fused-ring (bicyclic) bond motifs is 1. The Morgan fingerprint density at radius 3 is 2.59 bits per heavy atom. The predicted octanol–water partition coefficient (Wildman–Crippen LogP) is 2.39. The molecule has 0 spiro atoms. The van der Waals surface area contributed by atoms with Gasteiger partial charge < -0.3 is 10.6 Å². The predicted molar refractivity (Wildman–Crippen MR) is 71.1 cm³/mol. The number of anilines is 1. The standard InChI is InChI=1S/C14H16N2O/c1-10(15-2)14(17)16-13-9-5-7-11-6-3-4-8-12(11)13/h3-10,15H,1-2H3,(H,16,17)/t10-/m1/s1. The van der Waals surface area contributed by atoms with Crippen molar-refractivity contribution in [2.75, 3.05) is 12.4 Å². The third-order valence-electron chi connectivity index (χ3n) is 2.87. The highest BCUT2D eigenvalue weighted by Gasteiger charge is 2.11. The van der Waals surface area contributed by atoms with Crippen LogP contribution < -0.4 is 10.6 Å². The maximum atomic E-state index is 11.8. The van der Waals surface area contributed by atoms with Crippen LogP contribution in [0.25, 0.3) is 10.8 Å². The molecule has 0 saturated heterocycles. The maximum Gasteiger partial charge on any atom is 0.241 e. The molecule has 0 bridgehead atoms. The molecule has 0 radical (unpaired) electrons. The lowest BCUT2D eigenvalue weighted by Crippen LogP contribution is -2.35. The van der Waals surface area contributed by atoms with E-state index in [1.165, 1.54) is 0 Å². The van der Waals surface area contributed by atoms with Crippen molar-refractivity contribution in [3.05, 3.63) is 42.5 Å². The van der Waals surface area contributed by atoms with E-state index in [1.54, 1.807) is 7.05 Å². The summed E-state index contributed by atoms with van der Waals surface area (Å²) >= 11 is 0. The number of rotatable bonds is 3. The fraction of sp³-hybridized carbons (Fsp3) is 0.214. The molecule has 0 fully saturated rings. The summed E-state index contributed by atoms with van der Waals surface area (Å²) in [5.74, 6) is -0.0242. The molecule has 1 amide bonds. The molecule has 0 saturated carbocycles.